The molecule has 0 saturated heterocycles. The summed E-state index contributed by atoms with van der Waals surface area (Å²) < 4.78 is 7.40. The summed E-state index contributed by atoms with van der Waals surface area (Å²) in [6.07, 6.45) is 4.33. The van der Waals surface area contributed by atoms with Gasteiger partial charge in [-0.3, -0.25) is 9.48 Å². The summed E-state index contributed by atoms with van der Waals surface area (Å²) in [7, 11) is 3.60. The number of rotatable bonds is 4. The van der Waals surface area contributed by atoms with E-state index in [1.54, 1.807) is 17.9 Å². The van der Waals surface area contributed by atoms with Crippen molar-refractivity contribution in [2.24, 2.45) is 7.05 Å². The van der Waals surface area contributed by atoms with Crippen LogP contribution in [0.5, 0.6) is 5.75 Å². The van der Waals surface area contributed by atoms with Crippen molar-refractivity contribution < 1.29 is 9.53 Å². The molecule has 0 aliphatic carbocycles. The lowest BCUT2D eigenvalue weighted by atomic mass is 10.0. The van der Waals surface area contributed by atoms with Crippen LogP contribution in [-0.4, -0.2) is 35.4 Å². The van der Waals surface area contributed by atoms with E-state index in [0.717, 1.165) is 23.3 Å². The summed E-state index contributed by atoms with van der Waals surface area (Å²) in [4.78, 5) is 12.5. The fourth-order valence-electron chi connectivity index (χ4n) is 2.74. The largest absolute Gasteiger partial charge is 0.491 e. The van der Waals surface area contributed by atoms with Crippen LogP contribution in [0.2, 0.25) is 0 Å². The first-order valence-corrected chi connectivity index (χ1v) is 7.34. The Morgan fingerprint density at radius 1 is 1.43 bits per heavy atom. The molecule has 6 nitrogen and oxygen atoms in total. The molecule has 0 fully saturated rings. The summed E-state index contributed by atoms with van der Waals surface area (Å²) in [5, 5.41) is 10.2. The first-order valence-electron chi connectivity index (χ1n) is 7.34. The minimum atomic E-state index is -0.411. The molecule has 1 aliphatic rings. The molecule has 2 N–H and O–H groups in total. The number of carbonyl (C=O) groups excluding carboxylic acids is 1. The molecule has 124 valence electrons. The van der Waals surface area contributed by atoms with Gasteiger partial charge in [0.2, 0.25) is 5.91 Å². The van der Waals surface area contributed by atoms with E-state index in [9.17, 15) is 4.79 Å². The van der Waals surface area contributed by atoms with Gasteiger partial charge in [-0.25, -0.2) is 0 Å². The fourth-order valence-corrected chi connectivity index (χ4v) is 2.74. The first-order chi connectivity index (χ1) is 10.7. The third-order valence-electron chi connectivity index (χ3n) is 3.83. The number of carbonyl (C=O) groups is 1. The Balaban J connectivity index is 0.00000192. The second kappa shape index (κ2) is 7.48. The van der Waals surface area contributed by atoms with Crippen molar-refractivity contribution in [2.45, 2.75) is 18.5 Å². The summed E-state index contributed by atoms with van der Waals surface area (Å²) in [6, 6.07) is 7.50. The molecule has 1 amide bonds. The highest BCUT2D eigenvalue weighted by molar-refractivity contribution is 5.85. The molecule has 2 atom stereocenters. The zero-order chi connectivity index (χ0) is 15.5. The van der Waals surface area contributed by atoms with Crippen LogP contribution in [0.4, 0.5) is 0 Å². The molecule has 1 aliphatic heterocycles. The van der Waals surface area contributed by atoms with Crippen molar-refractivity contribution in [3.63, 3.8) is 0 Å². The second-order valence-electron chi connectivity index (χ2n) is 5.50. The summed E-state index contributed by atoms with van der Waals surface area (Å²) >= 11 is 0. The number of nitrogens with zero attached hydrogens (tertiary/aromatic N) is 2. The molecule has 0 saturated carbocycles. The average Bonchev–Trinajstić information content (AvgIpc) is 2.94. The van der Waals surface area contributed by atoms with Gasteiger partial charge in [-0.2, -0.15) is 5.10 Å². The van der Waals surface area contributed by atoms with Gasteiger partial charge in [-0.15, -0.1) is 12.4 Å². The predicted octanol–water partition coefficient (Wildman–Crippen LogP) is 1.22. The highest BCUT2D eigenvalue weighted by Gasteiger charge is 2.26. The molecule has 7 heteroatoms. The normalized spacial score (nSPS) is 17.4. The van der Waals surface area contributed by atoms with Crippen LogP contribution in [-0.2, 0) is 18.3 Å². The number of aromatic nitrogens is 2. The van der Waals surface area contributed by atoms with E-state index >= 15 is 0 Å². The number of para-hydroxylation sites is 1. The molecule has 2 unspecified atom stereocenters. The monoisotopic (exact) mass is 336 g/mol. The second-order valence-corrected chi connectivity index (χ2v) is 5.50. The average molecular weight is 337 g/mol. The molecule has 2 heterocycles. The van der Waals surface area contributed by atoms with Gasteiger partial charge >= 0.3 is 0 Å². The number of benzene rings is 1. The predicted molar refractivity (Wildman–Crippen MR) is 89.8 cm³/mol. The van der Waals surface area contributed by atoms with Crippen molar-refractivity contribution in [3.05, 3.63) is 47.8 Å². The third-order valence-corrected chi connectivity index (χ3v) is 3.83. The van der Waals surface area contributed by atoms with Crippen molar-refractivity contribution in [3.8, 4) is 5.75 Å². The Labute approximate surface area is 141 Å². The topological polar surface area (TPSA) is 68.2 Å². The van der Waals surface area contributed by atoms with Crippen molar-refractivity contribution in [1.82, 2.24) is 20.4 Å². The summed E-state index contributed by atoms with van der Waals surface area (Å²) in [5.41, 5.74) is 1.97. The van der Waals surface area contributed by atoms with Gasteiger partial charge < -0.3 is 15.4 Å². The number of halogens is 1. The highest BCUT2D eigenvalue weighted by Crippen LogP contribution is 2.24. The molecule has 1 aromatic heterocycles. The Morgan fingerprint density at radius 2 is 2.22 bits per heavy atom. The van der Waals surface area contributed by atoms with E-state index in [2.05, 4.69) is 15.7 Å². The minimum Gasteiger partial charge on any atom is -0.491 e. The molecule has 2 aromatic rings. The van der Waals surface area contributed by atoms with Crippen LogP contribution < -0.4 is 15.4 Å². The number of aryl methyl sites for hydroxylation is 1. The maximum absolute atomic E-state index is 12.5. The number of amides is 1. The van der Waals surface area contributed by atoms with E-state index in [1.165, 1.54) is 0 Å². The number of hydrogen-bond acceptors (Lipinski definition) is 4. The van der Waals surface area contributed by atoms with E-state index in [4.69, 9.17) is 4.74 Å². The number of likely N-dealkylation sites (N-methyl/N-ethyl adjacent to an activating group) is 1. The van der Waals surface area contributed by atoms with Crippen LogP contribution in [0.15, 0.2) is 36.7 Å². The van der Waals surface area contributed by atoms with E-state index in [1.807, 2.05) is 37.5 Å². The first kappa shape index (κ1) is 17.3. The Kier molecular flexibility index (Phi) is 5.63. The van der Waals surface area contributed by atoms with Crippen LogP contribution in [0.1, 0.15) is 17.2 Å². The molecular formula is C16H21ClN4O2. The summed E-state index contributed by atoms with van der Waals surface area (Å²) in [5.74, 6) is 0.842. The van der Waals surface area contributed by atoms with Gasteiger partial charge in [0.15, 0.2) is 0 Å². The number of hydrogen-bond donors (Lipinski definition) is 2. The number of ether oxygens (including phenoxy) is 1. The smallest absolute Gasteiger partial charge is 0.242 e. The molecule has 3 rings (SSSR count). The van der Waals surface area contributed by atoms with Gasteiger partial charge in [0.05, 0.1) is 12.2 Å². The number of fused-ring (bicyclic) bond motifs is 1. The molecule has 0 bridgehead atoms. The number of nitrogens with one attached hydrogen (secondary N) is 2. The highest BCUT2D eigenvalue weighted by atomic mass is 35.5. The molecular weight excluding hydrogens is 316 g/mol. The molecule has 0 radical (unpaired) electrons. The lowest BCUT2D eigenvalue weighted by Gasteiger charge is -2.27. The fraction of sp³-hybridized carbons (Fsp3) is 0.375. The van der Waals surface area contributed by atoms with Gasteiger partial charge in [0, 0.05) is 18.8 Å². The Bertz CT molecular complexity index is 674. The van der Waals surface area contributed by atoms with Gasteiger partial charge in [0.25, 0.3) is 0 Å². The standard InChI is InChI=1S/C16H20N4O2.ClH/c1-17-15(12-8-18-20(2)9-12)16(21)19-13-7-11-5-3-4-6-14(11)22-10-13;/h3-6,8-9,13,15,17H,7,10H2,1-2H3,(H,19,21);1H. The van der Waals surface area contributed by atoms with Crippen molar-refractivity contribution >= 4 is 18.3 Å². The van der Waals surface area contributed by atoms with E-state index in [-0.39, 0.29) is 24.4 Å². The van der Waals surface area contributed by atoms with Crippen LogP contribution in [0.25, 0.3) is 0 Å². The zero-order valence-electron chi connectivity index (χ0n) is 13.2. The van der Waals surface area contributed by atoms with E-state index < -0.39 is 6.04 Å². The lowest BCUT2D eigenvalue weighted by Crippen LogP contribution is -2.46. The van der Waals surface area contributed by atoms with Gasteiger partial charge in [-0.1, -0.05) is 18.2 Å². The van der Waals surface area contributed by atoms with Crippen LogP contribution >= 0.6 is 12.4 Å². The van der Waals surface area contributed by atoms with Crippen LogP contribution in [0.3, 0.4) is 0 Å². The Morgan fingerprint density at radius 3 is 2.91 bits per heavy atom. The summed E-state index contributed by atoms with van der Waals surface area (Å²) in [6.45, 7) is 0.492. The molecule has 1 aromatic carbocycles. The Hall–Kier alpha value is -2.05. The maximum Gasteiger partial charge on any atom is 0.242 e. The minimum absolute atomic E-state index is 0. The quantitative estimate of drug-likeness (QED) is 0.881. The SMILES string of the molecule is CNC(C(=O)NC1COc2ccccc2C1)c1cnn(C)c1.Cl. The van der Waals surface area contributed by atoms with Gasteiger partial charge in [-0.05, 0) is 25.1 Å². The van der Waals surface area contributed by atoms with Crippen LogP contribution in [0, 0.1) is 0 Å². The van der Waals surface area contributed by atoms with Crippen molar-refractivity contribution in [2.75, 3.05) is 13.7 Å². The van der Waals surface area contributed by atoms with E-state index in [0.29, 0.717) is 6.61 Å². The van der Waals surface area contributed by atoms with Crippen molar-refractivity contribution in [1.29, 1.82) is 0 Å². The molecule has 23 heavy (non-hydrogen) atoms. The molecule has 0 spiro atoms. The third kappa shape index (κ3) is 3.83. The maximum atomic E-state index is 12.5. The van der Waals surface area contributed by atoms with Gasteiger partial charge in [0.1, 0.15) is 18.4 Å². The zero-order valence-corrected chi connectivity index (χ0v) is 14.0. The lowest BCUT2D eigenvalue weighted by molar-refractivity contribution is -0.124.